The summed E-state index contributed by atoms with van der Waals surface area (Å²) in [4.78, 5) is 1.07. The first-order valence-electron chi connectivity index (χ1n) is 5.47. The van der Waals surface area contributed by atoms with Crippen LogP contribution in [0.5, 0.6) is 0 Å². The molecule has 7 heteroatoms. The lowest BCUT2D eigenvalue weighted by Gasteiger charge is -2.07. The molecule has 2 N–H and O–H groups in total. The molecule has 0 spiro atoms. The van der Waals surface area contributed by atoms with Crippen molar-refractivity contribution in [3.05, 3.63) is 45.6 Å². The summed E-state index contributed by atoms with van der Waals surface area (Å²) >= 11 is 7.59. The van der Waals surface area contributed by atoms with Gasteiger partial charge in [-0.05, 0) is 35.7 Å². The zero-order valence-corrected chi connectivity index (χ0v) is 12.6. The van der Waals surface area contributed by atoms with Crippen molar-refractivity contribution in [1.82, 2.24) is 0 Å². The number of halogens is 1. The van der Waals surface area contributed by atoms with E-state index < -0.39 is 10.0 Å². The molecule has 102 valence electrons. The van der Waals surface area contributed by atoms with E-state index in [0.717, 1.165) is 21.8 Å². The third kappa shape index (κ3) is 4.41. The molecule has 0 amide bonds. The highest BCUT2D eigenvalue weighted by molar-refractivity contribution is 7.92. The van der Waals surface area contributed by atoms with E-state index in [1.807, 2.05) is 23.6 Å². The van der Waals surface area contributed by atoms with E-state index in [4.69, 9.17) is 11.6 Å². The van der Waals surface area contributed by atoms with Crippen LogP contribution in [0.3, 0.4) is 0 Å². The molecule has 0 aliphatic rings. The van der Waals surface area contributed by atoms with Crippen LogP contribution in [0.2, 0.25) is 5.02 Å². The van der Waals surface area contributed by atoms with Crippen LogP contribution in [0, 0.1) is 0 Å². The second kappa shape index (κ2) is 5.81. The minimum atomic E-state index is -3.23. The van der Waals surface area contributed by atoms with Crippen LogP contribution in [0.4, 0.5) is 11.4 Å². The highest BCUT2D eigenvalue weighted by atomic mass is 35.5. The largest absolute Gasteiger partial charge is 0.380 e. The highest BCUT2D eigenvalue weighted by Gasteiger charge is 2.03. The van der Waals surface area contributed by atoms with Crippen molar-refractivity contribution in [3.8, 4) is 0 Å². The molecule has 0 saturated carbocycles. The number of benzene rings is 1. The molecular formula is C12H13ClN2O2S2. The zero-order chi connectivity index (χ0) is 13.9. The van der Waals surface area contributed by atoms with Crippen molar-refractivity contribution in [1.29, 1.82) is 0 Å². The summed E-state index contributed by atoms with van der Waals surface area (Å²) in [6.45, 7) is 0.648. The Labute approximate surface area is 121 Å². The number of nitrogens with one attached hydrogen (secondary N) is 2. The number of anilines is 2. The Bertz CT molecular complexity index is 651. The predicted octanol–water partition coefficient (Wildman–Crippen LogP) is 3.39. The van der Waals surface area contributed by atoms with Gasteiger partial charge in [0.1, 0.15) is 0 Å². The first-order chi connectivity index (χ1) is 8.94. The monoisotopic (exact) mass is 316 g/mol. The van der Waals surface area contributed by atoms with Gasteiger partial charge in [-0.3, -0.25) is 4.72 Å². The molecule has 0 unspecified atom stereocenters. The van der Waals surface area contributed by atoms with Crippen LogP contribution in [0.1, 0.15) is 4.88 Å². The average molecular weight is 317 g/mol. The van der Waals surface area contributed by atoms with Crippen LogP contribution in [-0.2, 0) is 16.6 Å². The lowest BCUT2D eigenvalue weighted by Crippen LogP contribution is -2.09. The molecule has 0 saturated heterocycles. The van der Waals surface area contributed by atoms with Gasteiger partial charge in [0.15, 0.2) is 0 Å². The van der Waals surface area contributed by atoms with Crippen LogP contribution >= 0.6 is 22.9 Å². The minimum absolute atomic E-state index is 0.544. The topological polar surface area (TPSA) is 58.2 Å². The predicted molar refractivity (Wildman–Crippen MR) is 81.6 cm³/mol. The smallest absolute Gasteiger partial charge is 0.229 e. The van der Waals surface area contributed by atoms with E-state index in [2.05, 4.69) is 10.0 Å². The van der Waals surface area contributed by atoms with E-state index >= 15 is 0 Å². The van der Waals surface area contributed by atoms with Crippen molar-refractivity contribution in [2.24, 2.45) is 0 Å². The molecule has 0 atom stereocenters. The molecule has 0 radical (unpaired) electrons. The fraction of sp³-hybridized carbons (Fsp3) is 0.167. The molecule has 19 heavy (non-hydrogen) atoms. The molecule has 1 aromatic heterocycles. The lowest BCUT2D eigenvalue weighted by molar-refractivity contribution is 0.607. The standard InChI is InChI=1S/C12H13ClN2O2S2/c1-19(16,17)15-10-4-2-9(3-5-10)14-8-12-11(13)6-7-18-12/h2-7,14-15H,8H2,1H3. The maximum Gasteiger partial charge on any atom is 0.229 e. The zero-order valence-electron chi connectivity index (χ0n) is 10.2. The number of sulfonamides is 1. The Morgan fingerprint density at radius 2 is 1.79 bits per heavy atom. The van der Waals surface area contributed by atoms with E-state index in [1.54, 1.807) is 23.5 Å². The van der Waals surface area contributed by atoms with Crippen LogP contribution in [0.25, 0.3) is 0 Å². The minimum Gasteiger partial charge on any atom is -0.380 e. The van der Waals surface area contributed by atoms with Gasteiger partial charge < -0.3 is 5.32 Å². The SMILES string of the molecule is CS(=O)(=O)Nc1ccc(NCc2sccc2Cl)cc1. The molecule has 0 fully saturated rings. The van der Waals surface area contributed by atoms with Gasteiger partial charge in [0.2, 0.25) is 10.0 Å². The summed E-state index contributed by atoms with van der Waals surface area (Å²) in [6, 6.07) is 8.91. The first kappa shape index (κ1) is 14.2. The summed E-state index contributed by atoms with van der Waals surface area (Å²) in [5.74, 6) is 0. The summed E-state index contributed by atoms with van der Waals surface area (Å²) in [5, 5.41) is 5.93. The van der Waals surface area contributed by atoms with Gasteiger partial charge in [-0.2, -0.15) is 0 Å². The molecular weight excluding hydrogens is 304 g/mol. The third-order valence-electron chi connectivity index (χ3n) is 2.33. The molecule has 2 rings (SSSR count). The number of rotatable bonds is 5. The Hall–Kier alpha value is -1.24. The second-order valence-electron chi connectivity index (χ2n) is 4.00. The molecule has 2 aromatic rings. The van der Waals surface area contributed by atoms with Gasteiger partial charge >= 0.3 is 0 Å². The Balaban J connectivity index is 1.97. The van der Waals surface area contributed by atoms with E-state index in [9.17, 15) is 8.42 Å². The number of hydrogen-bond acceptors (Lipinski definition) is 4. The van der Waals surface area contributed by atoms with Crippen LogP contribution in [0.15, 0.2) is 35.7 Å². The maximum atomic E-state index is 11.1. The van der Waals surface area contributed by atoms with E-state index in [1.165, 1.54) is 0 Å². The Morgan fingerprint density at radius 3 is 2.32 bits per heavy atom. The van der Waals surface area contributed by atoms with Crippen molar-refractivity contribution < 1.29 is 8.42 Å². The summed E-state index contributed by atoms with van der Waals surface area (Å²) in [7, 11) is -3.23. The molecule has 0 aliphatic carbocycles. The normalized spacial score (nSPS) is 11.3. The van der Waals surface area contributed by atoms with Gasteiger partial charge in [0, 0.05) is 16.3 Å². The van der Waals surface area contributed by atoms with Crippen LogP contribution in [-0.4, -0.2) is 14.7 Å². The van der Waals surface area contributed by atoms with Gasteiger partial charge in [-0.25, -0.2) is 8.42 Å². The van der Waals surface area contributed by atoms with E-state index in [-0.39, 0.29) is 0 Å². The third-order valence-corrected chi connectivity index (χ3v) is 4.33. The summed E-state index contributed by atoms with van der Waals surface area (Å²) in [5.41, 5.74) is 1.45. The molecule has 0 bridgehead atoms. The number of thiophene rings is 1. The fourth-order valence-electron chi connectivity index (χ4n) is 1.50. The van der Waals surface area contributed by atoms with Crippen LogP contribution < -0.4 is 10.0 Å². The highest BCUT2D eigenvalue weighted by Crippen LogP contribution is 2.23. The second-order valence-corrected chi connectivity index (χ2v) is 7.15. The van der Waals surface area contributed by atoms with Gasteiger partial charge in [-0.1, -0.05) is 11.6 Å². The average Bonchev–Trinajstić information content (AvgIpc) is 2.72. The van der Waals surface area contributed by atoms with Gasteiger partial charge in [0.25, 0.3) is 0 Å². The Kier molecular flexibility index (Phi) is 4.34. The van der Waals surface area contributed by atoms with Crippen molar-refractivity contribution in [2.75, 3.05) is 16.3 Å². The van der Waals surface area contributed by atoms with Gasteiger partial charge in [-0.15, -0.1) is 11.3 Å². The van der Waals surface area contributed by atoms with Gasteiger partial charge in [0.05, 0.1) is 17.8 Å². The first-order valence-corrected chi connectivity index (χ1v) is 8.62. The molecule has 4 nitrogen and oxygen atoms in total. The summed E-state index contributed by atoms with van der Waals surface area (Å²) < 4.78 is 24.5. The molecule has 1 aromatic carbocycles. The lowest BCUT2D eigenvalue weighted by atomic mass is 10.3. The molecule has 1 heterocycles. The van der Waals surface area contributed by atoms with Crippen molar-refractivity contribution in [3.63, 3.8) is 0 Å². The molecule has 0 aliphatic heterocycles. The number of hydrogen-bond donors (Lipinski definition) is 2. The quantitative estimate of drug-likeness (QED) is 0.889. The maximum absolute atomic E-state index is 11.1. The van der Waals surface area contributed by atoms with E-state index in [0.29, 0.717) is 12.2 Å². The summed E-state index contributed by atoms with van der Waals surface area (Å²) in [6.07, 6.45) is 1.12. The van der Waals surface area contributed by atoms with Crippen molar-refractivity contribution in [2.45, 2.75) is 6.54 Å². The van der Waals surface area contributed by atoms with Crippen molar-refractivity contribution >= 4 is 44.3 Å². The fourth-order valence-corrected chi connectivity index (χ4v) is 3.11. The Morgan fingerprint density at radius 1 is 1.16 bits per heavy atom.